The van der Waals surface area contributed by atoms with Crippen LogP contribution >= 0.6 is 0 Å². The fraction of sp³-hybridized carbons (Fsp3) is 1.00. The van der Waals surface area contributed by atoms with Gasteiger partial charge in [-0.25, -0.2) is 0 Å². The van der Waals surface area contributed by atoms with E-state index in [-0.39, 0.29) is 11.0 Å². The lowest BCUT2D eigenvalue weighted by atomic mass is 9.78. The van der Waals surface area contributed by atoms with Crippen LogP contribution < -0.4 is 5.32 Å². The van der Waals surface area contributed by atoms with Crippen molar-refractivity contribution in [2.75, 3.05) is 40.1 Å². The van der Waals surface area contributed by atoms with Crippen LogP contribution in [0.1, 0.15) is 40.5 Å². The molecule has 0 radical (unpaired) electrons. The number of ether oxygens (including phenoxy) is 3. The van der Waals surface area contributed by atoms with Gasteiger partial charge in [0.05, 0.1) is 19.3 Å². The van der Waals surface area contributed by atoms with Crippen molar-refractivity contribution < 1.29 is 14.2 Å². The molecular formula is C15H31NO3. The summed E-state index contributed by atoms with van der Waals surface area (Å²) in [6.45, 7) is 12.8. The van der Waals surface area contributed by atoms with Gasteiger partial charge in [-0.05, 0) is 40.5 Å². The summed E-state index contributed by atoms with van der Waals surface area (Å²) >= 11 is 0. The summed E-state index contributed by atoms with van der Waals surface area (Å²) in [4.78, 5) is 0. The highest BCUT2D eigenvalue weighted by Crippen LogP contribution is 2.38. The molecule has 2 atom stereocenters. The predicted molar refractivity (Wildman–Crippen MR) is 77.5 cm³/mol. The number of nitrogens with one attached hydrogen (secondary N) is 1. The van der Waals surface area contributed by atoms with Gasteiger partial charge in [0.1, 0.15) is 0 Å². The molecule has 0 amide bonds. The van der Waals surface area contributed by atoms with E-state index < -0.39 is 0 Å². The molecule has 0 aromatic heterocycles. The monoisotopic (exact) mass is 273 g/mol. The first-order valence-electron chi connectivity index (χ1n) is 7.33. The zero-order valence-corrected chi connectivity index (χ0v) is 13.3. The van der Waals surface area contributed by atoms with Crippen LogP contribution in [-0.2, 0) is 14.2 Å². The predicted octanol–water partition coefficient (Wildman–Crippen LogP) is 2.22. The van der Waals surface area contributed by atoms with Crippen molar-refractivity contribution in [1.29, 1.82) is 0 Å². The second kappa shape index (κ2) is 7.58. The molecule has 1 aliphatic heterocycles. The molecular weight excluding hydrogens is 242 g/mol. The number of hydrogen-bond acceptors (Lipinski definition) is 4. The number of hydrogen-bond donors (Lipinski definition) is 1. The van der Waals surface area contributed by atoms with Gasteiger partial charge in [-0.1, -0.05) is 0 Å². The summed E-state index contributed by atoms with van der Waals surface area (Å²) in [7, 11) is 1.70. The third-order valence-electron chi connectivity index (χ3n) is 3.98. The Kier molecular flexibility index (Phi) is 6.74. The lowest BCUT2D eigenvalue weighted by molar-refractivity contribution is 0.0186. The first kappa shape index (κ1) is 16.9. The molecule has 1 rings (SSSR count). The van der Waals surface area contributed by atoms with Crippen molar-refractivity contribution in [3.05, 3.63) is 0 Å². The molecule has 0 aromatic carbocycles. The minimum absolute atomic E-state index is 0.145. The molecule has 1 saturated heterocycles. The minimum Gasteiger partial charge on any atom is -0.382 e. The maximum atomic E-state index is 5.79. The van der Waals surface area contributed by atoms with E-state index in [1.165, 1.54) is 0 Å². The van der Waals surface area contributed by atoms with Crippen molar-refractivity contribution in [2.24, 2.45) is 5.41 Å². The molecule has 4 nitrogen and oxygen atoms in total. The van der Waals surface area contributed by atoms with Crippen LogP contribution in [0, 0.1) is 5.41 Å². The molecule has 0 saturated carbocycles. The first-order chi connectivity index (χ1) is 8.90. The van der Waals surface area contributed by atoms with Crippen LogP contribution in [0.2, 0.25) is 0 Å². The van der Waals surface area contributed by atoms with Gasteiger partial charge in [-0.3, -0.25) is 0 Å². The fourth-order valence-corrected chi connectivity index (χ4v) is 2.43. The molecule has 0 aromatic rings. The van der Waals surface area contributed by atoms with Crippen LogP contribution in [0.15, 0.2) is 0 Å². The highest BCUT2D eigenvalue weighted by atomic mass is 16.5. The molecule has 0 spiro atoms. The van der Waals surface area contributed by atoms with E-state index >= 15 is 0 Å². The summed E-state index contributed by atoms with van der Waals surface area (Å²) in [5, 5.41) is 3.63. The average molecular weight is 273 g/mol. The van der Waals surface area contributed by atoms with E-state index in [1.807, 2.05) is 0 Å². The zero-order chi connectivity index (χ0) is 14.4. The van der Waals surface area contributed by atoms with Gasteiger partial charge >= 0.3 is 0 Å². The summed E-state index contributed by atoms with van der Waals surface area (Å²) in [5.74, 6) is 0. The molecule has 19 heavy (non-hydrogen) atoms. The molecule has 0 bridgehead atoms. The van der Waals surface area contributed by atoms with E-state index in [4.69, 9.17) is 14.2 Å². The Morgan fingerprint density at radius 3 is 2.53 bits per heavy atom. The van der Waals surface area contributed by atoms with Gasteiger partial charge in [0.15, 0.2) is 0 Å². The lowest BCUT2D eigenvalue weighted by Crippen LogP contribution is -2.47. The Morgan fingerprint density at radius 2 is 2.00 bits per heavy atom. The molecule has 1 heterocycles. The second-order valence-corrected chi connectivity index (χ2v) is 6.58. The summed E-state index contributed by atoms with van der Waals surface area (Å²) in [5.41, 5.74) is 0.354. The standard InChI is InChI=1S/C15H31NO3/c1-13-15(7-9-19-13,12-16-14(2,3)4)6-8-18-11-10-17-5/h13,16H,6-12H2,1-5H3. The van der Waals surface area contributed by atoms with E-state index in [0.29, 0.717) is 19.3 Å². The smallest absolute Gasteiger partial charge is 0.0700 e. The van der Waals surface area contributed by atoms with Gasteiger partial charge in [0, 0.05) is 37.8 Å². The van der Waals surface area contributed by atoms with Crippen molar-refractivity contribution in [3.63, 3.8) is 0 Å². The molecule has 4 heteroatoms. The van der Waals surface area contributed by atoms with Crippen molar-refractivity contribution >= 4 is 0 Å². The normalized spacial score (nSPS) is 27.9. The average Bonchev–Trinajstić information content (AvgIpc) is 2.68. The van der Waals surface area contributed by atoms with Crippen molar-refractivity contribution in [3.8, 4) is 0 Å². The van der Waals surface area contributed by atoms with Gasteiger partial charge in [0.2, 0.25) is 0 Å². The SMILES string of the molecule is COCCOCCC1(CNC(C)(C)C)CCOC1C. The molecule has 114 valence electrons. The zero-order valence-electron chi connectivity index (χ0n) is 13.3. The Bertz CT molecular complexity index is 252. The van der Waals surface area contributed by atoms with Crippen LogP contribution in [0.25, 0.3) is 0 Å². The highest BCUT2D eigenvalue weighted by molar-refractivity contribution is 4.93. The van der Waals surface area contributed by atoms with E-state index in [9.17, 15) is 0 Å². The van der Waals surface area contributed by atoms with Crippen LogP contribution in [0.3, 0.4) is 0 Å². The summed E-state index contributed by atoms with van der Waals surface area (Å²) in [6, 6.07) is 0. The Balaban J connectivity index is 2.42. The molecule has 0 aliphatic carbocycles. The van der Waals surface area contributed by atoms with Crippen LogP contribution in [0.5, 0.6) is 0 Å². The molecule has 1 aliphatic rings. The summed E-state index contributed by atoms with van der Waals surface area (Å²) in [6.07, 6.45) is 2.46. The van der Waals surface area contributed by atoms with E-state index in [0.717, 1.165) is 32.6 Å². The quantitative estimate of drug-likeness (QED) is 0.688. The van der Waals surface area contributed by atoms with Crippen molar-refractivity contribution in [1.82, 2.24) is 5.32 Å². The Morgan fingerprint density at radius 1 is 1.26 bits per heavy atom. The van der Waals surface area contributed by atoms with E-state index in [1.54, 1.807) is 7.11 Å². The molecule has 2 unspecified atom stereocenters. The van der Waals surface area contributed by atoms with Gasteiger partial charge in [-0.2, -0.15) is 0 Å². The van der Waals surface area contributed by atoms with Crippen LogP contribution in [-0.4, -0.2) is 51.7 Å². The Labute approximate surface area is 118 Å². The van der Waals surface area contributed by atoms with E-state index in [2.05, 4.69) is 33.0 Å². The second-order valence-electron chi connectivity index (χ2n) is 6.58. The third kappa shape index (κ3) is 5.78. The molecule has 1 N–H and O–H groups in total. The fourth-order valence-electron chi connectivity index (χ4n) is 2.43. The molecule has 1 fully saturated rings. The van der Waals surface area contributed by atoms with Gasteiger partial charge < -0.3 is 19.5 Å². The van der Waals surface area contributed by atoms with Gasteiger partial charge in [-0.15, -0.1) is 0 Å². The maximum Gasteiger partial charge on any atom is 0.0700 e. The lowest BCUT2D eigenvalue weighted by Gasteiger charge is -2.35. The maximum absolute atomic E-state index is 5.79. The minimum atomic E-state index is 0.145. The largest absolute Gasteiger partial charge is 0.382 e. The highest BCUT2D eigenvalue weighted by Gasteiger charge is 2.41. The number of rotatable bonds is 8. The first-order valence-corrected chi connectivity index (χ1v) is 7.33. The van der Waals surface area contributed by atoms with Crippen LogP contribution in [0.4, 0.5) is 0 Å². The summed E-state index contributed by atoms with van der Waals surface area (Å²) < 4.78 is 16.4. The Hall–Kier alpha value is -0.160. The topological polar surface area (TPSA) is 39.7 Å². The third-order valence-corrected chi connectivity index (χ3v) is 3.98. The van der Waals surface area contributed by atoms with Gasteiger partial charge in [0.25, 0.3) is 0 Å². The van der Waals surface area contributed by atoms with Crippen molar-refractivity contribution in [2.45, 2.75) is 52.2 Å². The number of methoxy groups -OCH3 is 1.